The van der Waals surface area contributed by atoms with Crippen molar-refractivity contribution in [1.82, 2.24) is 9.80 Å². The van der Waals surface area contributed by atoms with Gasteiger partial charge in [-0.25, -0.2) is 0 Å². The highest BCUT2D eigenvalue weighted by Crippen LogP contribution is 2.33. The van der Waals surface area contributed by atoms with E-state index in [4.69, 9.17) is 11.5 Å². The summed E-state index contributed by atoms with van der Waals surface area (Å²) in [6.07, 6.45) is 6.07. The fourth-order valence-corrected chi connectivity index (χ4v) is 2.88. The van der Waals surface area contributed by atoms with Crippen LogP contribution >= 0.6 is 0 Å². The molecule has 0 aromatic rings. The molecule has 0 saturated heterocycles. The molecule has 0 aromatic heterocycles. The first-order valence-corrected chi connectivity index (χ1v) is 7.42. The van der Waals surface area contributed by atoms with E-state index in [1.165, 1.54) is 19.3 Å². The maximum atomic E-state index is 5.88. The molecule has 0 heterocycles. The van der Waals surface area contributed by atoms with E-state index in [1.54, 1.807) is 11.1 Å². The highest BCUT2D eigenvalue weighted by molar-refractivity contribution is 5.21. The number of hydrogen-bond donors (Lipinski definition) is 2. The second-order valence-electron chi connectivity index (χ2n) is 6.18. The van der Waals surface area contributed by atoms with Crippen LogP contribution in [0.15, 0.2) is 11.1 Å². The molecule has 1 aliphatic carbocycles. The summed E-state index contributed by atoms with van der Waals surface area (Å²) in [6.45, 7) is 1.47. The van der Waals surface area contributed by atoms with E-state index in [0.717, 1.165) is 25.9 Å². The van der Waals surface area contributed by atoms with Gasteiger partial charge in [0, 0.05) is 25.2 Å². The normalized spacial score (nSPS) is 19.6. The van der Waals surface area contributed by atoms with Crippen molar-refractivity contribution in [3.63, 3.8) is 0 Å². The van der Waals surface area contributed by atoms with E-state index < -0.39 is 0 Å². The Morgan fingerprint density at radius 1 is 0.842 bits per heavy atom. The largest absolute Gasteiger partial charge is 0.329 e. The molecule has 19 heavy (non-hydrogen) atoms. The standard InChI is InChI=1S/C15H32N4/c1-18(2)14(10-16)8-12-6-5-7-13(12)9-15(11-17)19(3)4/h14-15H,5-11,16-17H2,1-4H3/t14-,15+. The summed E-state index contributed by atoms with van der Waals surface area (Å²) in [5.74, 6) is 0. The molecule has 4 N–H and O–H groups in total. The van der Waals surface area contributed by atoms with E-state index >= 15 is 0 Å². The van der Waals surface area contributed by atoms with Crippen molar-refractivity contribution < 1.29 is 0 Å². The molecule has 4 nitrogen and oxygen atoms in total. The Morgan fingerprint density at radius 3 is 1.47 bits per heavy atom. The summed E-state index contributed by atoms with van der Waals surface area (Å²) in [5.41, 5.74) is 15.0. The summed E-state index contributed by atoms with van der Waals surface area (Å²) in [6, 6.07) is 0.942. The van der Waals surface area contributed by atoms with Crippen LogP contribution in [0.3, 0.4) is 0 Å². The summed E-state index contributed by atoms with van der Waals surface area (Å²) < 4.78 is 0. The number of nitrogens with zero attached hydrogens (tertiary/aromatic N) is 2. The quantitative estimate of drug-likeness (QED) is 0.646. The lowest BCUT2D eigenvalue weighted by atomic mass is 9.97. The lowest BCUT2D eigenvalue weighted by Gasteiger charge is -2.26. The number of likely N-dealkylation sites (N-methyl/N-ethyl adjacent to an activating group) is 2. The zero-order valence-electron chi connectivity index (χ0n) is 13.2. The Hall–Kier alpha value is -0.420. The third-order valence-corrected chi connectivity index (χ3v) is 4.43. The van der Waals surface area contributed by atoms with Gasteiger partial charge in [-0.3, -0.25) is 0 Å². The first kappa shape index (κ1) is 16.6. The first-order valence-electron chi connectivity index (χ1n) is 7.42. The predicted molar refractivity (Wildman–Crippen MR) is 83.2 cm³/mol. The van der Waals surface area contributed by atoms with Crippen molar-refractivity contribution in [1.29, 1.82) is 0 Å². The molecule has 112 valence electrons. The van der Waals surface area contributed by atoms with Gasteiger partial charge >= 0.3 is 0 Å². The summed E-state index contributed by atoms with van der Waals surface area (Å²) in [4.78, 5) is 4.49. The zero-order chi connectivity index (χ0) is 14.4. The molecule has 4 heteroatoms. The van der Waals surface area contributed by atoms with Crippen LogP contribution in [0.5, 0.6) is 0 Å². The van der Waals surface area contributed by atoms with Gasteiger partial charge in [-0.15, -0.1) is 0 Å². The predicted octanol–water partition coefficient (Wildman–Crippen LogP) is 1.02. The van der Waals surface area contributed by atoms with Crippen molar-refractivity contribution in [3.05, 3.63) is 11.1 Å². The summed E-state index contributed by atoms with van der Waals surface area (Å²) >= 11 is 0. The summed E-state index contributed by atoms with van der Waals surface area (Å²) in [5, 5.41) is 0. The highest BCUT2D eigenvalue weighted by Gasteiger charge is 2.21. The molecular weight excluding hydrogens is 236 g/mol. The molecule has 0 radical (unpaired) electrons. The van der Waals surface area contributed by atoms with Crippen LogP contribution in [-0.2, 0) is 0 Å². The Bertz CT molecular complexity index is 269. The molecule has 1 aliphatic rings. The maximum absolute atomic E-state index is 5.88. The van der Waals surface area contributed by atoms with Crippen LogP contribution < -0.4 is 11.5 Å². The maximum Gasteiger partial charge on any atom is 0.0249 e. The van der Waals surface area contributed by atoms with Crippen LogP contribution in [0.1, 0.15) is 32.1 Å². The van der Waals surface area contributed by atoms with Gasteiger partial charge in [0.15, 0.2) is 0 Å². The number of nitrogens with two attached hydrogens (primary N) is 2. The van der Waals surface area contributed by atoms with E-state index in [-0.39, 0.29) is 0 Å². The number of hydrogen-bond acceptors (Lipinski definition) is 4. The van der Waals surface area contributed by atoms with Gasteiger partial charge < -0.3 is 21.3 Å². The van der Waals surface area contributed by atoms with E-state index in [0.29, 0.717) is 12.1 Å². The van der Waals surface area contributed by atoms with Gasteiger partial charge in [-0.1, -0.05) is 11.1 Å². The molecule has 1 rings (SSSR count). The van der Waals surface area contributed by atoms with Crippen molar-refractivity contribution in [2.45, 2.75) is 44.2 Å². The van der Waals surface area contributed by atoms with Crippen LogP contribution in [0.4, 0.5) is 0 Å². The van der Waals surface area contributed by atoms with E-state index in [2.05, 4.69) is 38.0 Å². The zero-order valence-corrected chi connectivity index (χ0v) is 13.2. The van der Waals surface area contributed by atoms with Crippen LogP contribution in [-0.4, -0.2) is 63.2 Å². The molecule has 0 spiro atoms. The van der Waals surface area contributed by atoms with Crippen molar-refractivity contribution in [2.24, 2.45) is 11.5 Å². The van der Waals surface area contributed by atoms with Gasteiger partial charge in [0.25, 0.3) is 0 Å². The lowest BCUT2D eigenvalue weighted by molar-refractivity contribution is 0.290. The van der Waals surface area contributed by atoms with Gasteiger partial charge in [0.2, 0.25) is 0 Å². The molecule has 0 amide bonds. The van der Waals surface area contributed by atoms with Crippen molar-refractivity contribution >= 4 is 0 Å². The third kappa shape index (κ3) is 4.88. The molecular formula is C15H32N4. The average Bonchev–Trinajstić information content (AvgIpc) is 2.79. The molecule has 0 fully saturated rings. The molecule has 0 saturated carbocycles. The minimum absolute atomic E-state index is 0.471. The monoisotopic (exact) mass is 268 g/mol. The van der Waals surface area contributed by atoms with Crippen LogP contribution in [0.2, 0.25) is 0 Å². The Morgan fingerprint density at radius 2 is 1.21 bits per heavy atom. The molecule has 0 bridgehead atoms. The van der Waals surface area contributed by atoms with Gasteiger partial charge in [0.1, 0.15) is 0 Å². The topological polar surface area (TPSA) is 58.5 Å². The average molecular weight is 268 g/mol. The van der Waals surface area contributed by atoms with E-state index in [1.807, 2.05) is 0 Å². The van der Waals surface area contributed by atoms with E-state index in [9.17, 15) is 0 Å². The second kappa shape index (κ2) is 8.00. The van der Waals surface area contributed by atoms with Gasteiger partial charge in [-0.05, 0) is 60.3 Å². The Labute approximate surface area is 118 Å². The Balaban J connectivity index is 2.70. The van der Waals surface area contributed by atoms with Crippen molar-refractivity contribution in [3.8, 4) is 0 Å². The van der Waals surface area contributed by atoms with Crippen molar-refractivity contribution in [2.75, 3.05) is 41.3 Å². The lowest BCUT2D eigenvalue weighted by Crippen LogP contribution is -2.36. The number of rotatable bonds is 8. The second-order valence-corrected chi connectivity index (χ2v) is 6.18. The smallest absolute Gasteiger partial charge is 0.0249 e. The minimum atomic E-state index is 0.471. The van der Waals surface area contributed by atoms with Crippen LogP contribution in [0.25, 0.3) is 0 Å². The fraction of sp³-hybridized carbons (Fsp3) is 0.867. The summed E-state index contributed by atoms with van der Waals surface area (Å²) in [7, 11) is 8.48. The third-order valence-electron chi connectivity index (χ3n) is 4.43. The minimum Gasteiger partial charge on any atom is -0.329 e. The molecule has 2 atom stereocenters. The molecule has 0 aromatic carbocycles. The highest BCUT2D eigenvalue weighted by atomic mass is 15.1. The fourth-order valence-electron chi connectivity index (χ4n) is 2.88. The van der Waals surface area contributed by atoms with Crippen LogP contribution in [0, 0.1) is 0 Å². The Kier molecular flexibility index (Phi) is 7.00. The van der Waals surface area contributed by atoms with Gasteiger partial charge in [-0.2, -0.15) is 0 Å². The molecule has 0 unspecified atom stereocenters. The van der Waals surface area contributed by atoms with Gasteiger partial charge in [0.05, 0.1) is 0 Å². The first-order chi connectivity index (χ1) is 8.99. The molecule has 0 aliphatic heterocycles. The SMILES string of the molecule is CN(C)[C@H](CN)CC1=C(C[C@H](CN)N(C)C)CCC1.